The highest BCUT2D eigenvalue weighted by Gasteiger charge is 2.19. The van der Waals surface area contributed by atoms with Gasteiger partial charge < -0.3 is 14.2 Å². The van der Waals surface area contributed by atoms with E-state index in [1.54, 1.807) is 0 Å². The van der Waals surface area contributed by atoms with Gasteiger partial charge in [-0.3, -0.25) is 14.4 Å². The van der Waals surface area contributed by atoms with Gasteiger partial charge in [0.1, 0.15) is 13.2 Å². The quantitative estimate of drug-likeness (QED) is 0.0261. The van der Waals surface area contributed by atoms with E-state index >= 15 is 0 Å². The topological polar surface area (TPSA) is 78.9 Å². The second kappa shape index (κ2) is 64.1. The zero-order valence-corrected chi connectivity index (χ0v) is 50.3. The number of unbranched alkanes of at least 4 members (excludes halogenated alkanes) is 34. The molecule has 1 unspecified atom stereocenters. The summed E-state index contributed by atoms with van der Waals surface area (Å²) in [4.78, 5) is 38.4. The van der Waals surface area contributed by atoms with Crippen LogP contribution in [0.25, 0.3) is 0 Å². The maximum Gasteiger partial charge on any atom is 0.306 e. The molecule has 0 fully saturated rings. The van der Waals surface area contributed by atoms with Crippen LogP contribution >= 0.6 is 0 Å². The van der Waals surface area contributed by atoms with Gasteiger partial charge in [-0.15, -0.1) is 0 Å². The Morgan fingerprint density at radius 3 is 0.816 bits per heavy atom. The minimum Gasteiger partial charge on any atom is -0.462 e. The van der Waals surface area contributed by atoms with E-state index in [1.807, 2.05) is 0 Å². The van der Waals surface area contributed by atoms with Crippen molar-refractivity contribution in [3.8, 4) is 0 Å². The van der Waals surface area contributed by atoms with E-state index in [0.717, 1.165) is 109 Å². The van der Waals surface area contributed by atoms with Gasteiger partial charge in [-0.05, 0) is 96.3 Å². The van der Waals surface area contributed by atoms with E-state index in [4.69, 9.17) is 14.2 Å². The van der Waals surface area contributed by atoms with Crippen molar-refractivity contribution in [2.24, 2.45) is 0 Å². The summed E-state index contributed by atoms with van der Waals surface area (Å²) in [7, 11) is 0. The van der Waals surface area contributed by atoms with Crippen molar-refractivity contribution in [1.29, 1.82) is 0 Å². The molecule has 0 saturated carbocycles. The SMILES string of the molecule is CC/C=C\C/C=C\C/C=C\C/C=C\C/C=C\C/C=C\CCCCCCC(=O)OCC(COC(=O)CCCCCCCCC/C=C\CCCCCCCC)OC(=O)CCCCCCCCCCCCCCCCCCCC. The number of allylic oxidation sites excluding steroid dienone is 14. The first-order valence-electron chi connectivity index (χ1n) is 32.6. The van der Waals surface area contributed by atoms with E-state index in [-0.39, 0.29) is 31.1 Å². The van der Waals surface area contributed by atoms with Crippen LogP contribution in [0.15, 0.2) is 85.1 Å². The predicted molar refractivity (Wildman–Crippen MR) is 330 cm³/mol. The van der Waals surface area contributed by atoms with Crippen LogP contribution in [0.1, 0.15) is 323 Å². The van der Waals surface area contributed by atoms with E-state index in [9.17, 15) is 14.4 Å². The summed E-state index contributed by atoms with van der Waals surface area (Å²) in [5.74, 6) is -0.898. The zero-order chi connectivity index (χ0) is 55.0. The van der Waals surface area contributed by atoms with Gasteiger partial charge in [0, 0.05) is 19.3 Å². The Bertz CT molecular complexity index is 1450. The lowest BCUT2D eigenvalue weighted by molar-refractivity contribution is -0.167. The summed E-state index contributed by atoms with van der Waals surface area (Å²) < 4.78 is 16.9. The Hall–Kier alpha value is -3.41. The molecule has 0 aromatic carbocycles. The number of esters is 3. The van der Waals surface area contributed by atoms with Crippen molar-refractivity contribution in [3.63, 3.8) is 0 Å². The zero-order valence-electron chi connectivity index (χ0n) is 50.3. The highest BCUT2D eigenvalue weighted by molar-refractivity contribution is 5.71. The molecule has 0 rings (SSSR count). The second-order valence-corrected chi connectivity index (χ2v) is 21.6. The summed E-state index contributed by atoms with van der Waals surface area (Å²) in [6, 6.07) is 0. The van der Waals surface area contributed by atoms with Crippen LogP contribution in [-0.4, -0.2) is 37.2 Å². The molecule has 438 valence electrons. The van der Waals surface area contributed by atoms with Crippen LogP contribution in [-0.2, 0) is 28.6 Å². The lowest BCUT2D eigenvalue weighted by Gasteiger charge is -2.18. The summed E-state index contributed by atoms with van der Waals surface area (Å²) in [5, 5.41) is 0. The van der Waals surface area contributed by atoms with Crippen LogP contribution in [0.3, 0.4) is 0 Å². The first kappa shape index (κ1) is 72.6. The van der Waals surface area contributed by atoms with Gasteiger partial charge in [0.25, 0.3) is 0 Å². The Morgan fingerprint density at radius 1 is 0.276 bits per heavy atom. The Kier molecular flexibility index (Phi) is 61.2. The number of carbonyl (C=O) groups excluding carboxylic acids is 3. The molecule has 6 nitrogen and oxygen atoms in total. The smallest absolute Gasteiger partial charge is 0.306 e. The highest BCUT2D eigenvalue weighted by atomic mass is 16.6. The average Bonchev–Trinajstić information content (AvgIpc) is 3.42. The number of rotatable bonds is 59. The summed E-state index contributed by atoms with van der Waals surface area (Å²) in [6.45, 7) is 6.54. The van der Waals surface area contributed by atoms with Crippen LogP contribution in [0.5, 0.6) is 0 Å². The molecule has 0 aromatic rings. The van der Waals surface area contributed by atoms with Gasteiger partial charge in [0.2, 0.25) is 0 Å². The molecule has 6 heteroatoms. The summed E-state index contributed by atoms with van der Waals surface area (Å²) in [6.07, 6.45) is 84.4. The van der Waals surface area contributed by atoms with Crippen molar-refractivity contribution in [3.05, 3.63) is 85.1 Å². The number of hydrogen-bond acceptors (Lipinski definition) is 6. The molecule has 0 amide bonds. The molecule has 0 aliphatic heterocycles. The lowest BCUT2D eigenvalue weighted by atomic mass is 10.0. The molecule has 0 bridgehead atoms. The van der Waals surface area contributed by atoms with Crippen molar-refractivity contribution in [2.75, 3.05) is 13.2 Å². The maximum absolute atomic E-state index is 12.9. The van der Waals surface area contributed by atoms with Gasteiger partial charge in [0.15, 0.2) is 6.10 Å². The van der Waals surface area contributed by atoms with Gasteiger partial charge in [-0.25, -0.2) is 0 Å². The third-order valence-corrected chi connectivity index (χ3v) is 14.1. The monoisotopic (exact) mass is 1060 g/mol. The highest BCUT2D eigenvalue weighted by Crippen LogP contribution is 2.17. The first-order valence-corrected chi connectivity index (χ1v) is 32.6. The summed E-state index contributed by atoms with van der Waals surface area (Å²) >= 11 is 0. The fourth-order valence-corrected chi connectivity index (χ4v) is 9.27. The Labute approximate surface area is 471 Å². The molecular weight excluding hydrogens is 937 g/mol. The number of ether oxygens (including phenoxy) is 3. The maximum atomic E-state index is 12.9. The third kappa shape index (κ3) is 61.4. The normalized spacial score (nSPS) is 12.6. The standard InChI is InChI=1S/C70H122O6/c1-4-7-10-13-16-19-22-25-28-31-33-34-35-36-37-40-42-45-48-51-54-57-60-63-69(72)75-66-67(65-74-68(71)62-59-56-53-50-47-44-41-38-30-27-24-21-18-15-12-9-6-3)76-70(73)64-61-58-55-52-49-46-43-39-32-29-26-23-20-17-14-11-8-5-2/h7,10,16,19,25,27-28,30,33-34,36-37,42,45,67H,4-6,8-9,11-15,17-18,20-24,26,29,31-32,35,38-41,43-44,46-66H2,1-3H3/b10-7-,19-16-,28-25-,30-27-,34-33-,37-36-,45-42-. The molecule has 0 radical (unpaired) electrons. The van der Waals surface area contributed by atoms with Gasteiger partial charge >= 0.3 is 17.9 Å². The molecule has 0 aromatic heterocycles. The van der Waals surface area contributed by atoms with Gasteiger partial charge in [0.05, 0.1) is 0 Å². The Morgan fingerprint density at radius 2 is 0.513 bits per heavy atom. The van der Waals surface area contributed by atoms with Crippen LogP contribution < -0.4 is 0 Å². The van der Waals surface area contributed by atoms with Crippen molar-refractivity contribution < 1.29 is 28.6 Å². The van der Waals surface area contributed by atoms with Crippen molar-refractivity contribution in [1.82, 2.24) is 0 Å². The molecule has 0 aliphatic carbocycles. The minimum absolute atomic E-state index is 0.0843. The van der Waals surface area contributed by atoms with Gasteiger partial charge in [-0.1, -0.05) is 292 Å². The second-order valence-electron chi connectivity index (χ2n) is 21.6. The third-order valence-electron chi connectivity index (χ3n) is 14.1. The van der Waals surface area contributed by atoms with E-state index in [1.165, 1.54) is 173 Å². The Balaban J connectivity index is 4.41. The molecule has 0 N–H and O–H groups in total. The predicted octanol–water partition coefficient (Wildman–Crippen LogP) is 22.3. The van der Waals surface area contributed by atoms with Gasteiger partial charge in [-0.2, -0.15) is 0 Å². The number of hydrogen-bond donors (Lipinski definition) is 0. The van der Waals surface area contributed by atoms with Crippen LogP contribution in [0, 0.1) is 0 Å². The molecule has 76 heavy (non-hydrogen) atoms. The number of carbonyl (C=O) groups is 3. The van der Waals surface area contributed by atoms with Crippen LogP contribution in [0.4, 0.5) is 0 Å². The molecule has 0 aliphatic rings. The van der Waals surface area contributed by atoms with Crippen molar-refractivity contribution >= 4 is 17.9 Å². The van der Waals surface area contributed by atoms with Crippen molar-refractivity contribution in [2.45, 2.75) is 329 Å². The molecule has 0 saturated heterocycles. The van der Waals surface area contributed by atoms with E-state index in [2.05, 4.69) is 106 Å². The first-order chi connectivity index (χ1) is 37.5. The molecule has 0 spiro atoms. The summed E-state index contributed by atoms with van der Waals surface area (Å²) in [5.41, 5.74) is 0. The fraction of sp³-hybridized carbons (Fsp3) is 0.757. The molecule has 1 atom stereocenters. The largest absolute Gasteiger partial charge is 0.462 e. The molecular formula is C70H122O6. The molecule has 0 heterocycles. The van der Waals surface area contributed by atoms with E-state index < -0.39 is 6.10 Å². The average molecular weight is 1060 g/mol. The van der Waals surface area contributed by atoms with Crippen LogP contribution in [0.2, 0.25) is 0 Å². The fourth-order valence-electron chi connectivity index (χ4n) is 9.27. The minimum atomic E-state index is -0.789. The van der Waals surface area contributed by atoms with E-state index in [0.29, 0.717) is 19.3 Å². The lowest BCUT2D eigenvalue weighted by Crippen LogP contribution is -2.30.